The van der Waals surface area contributed by atoms with Crippen molar-refractivity contribution < 1.29 is 19.4 Å². The van der Waals surface area contributed by atoms with Crippen LogP contribution in [0.2, 0.25) is 0 Å². The van der Waals surface area contributed by atoms with E-state index in [0.29, 0.717) is 40.8 Å². The fourth-order valence-corrected chi connectivity index (χ4v) is 4.06. The Bertz CT molecular complexity index is 1210. The summed E-state index contributed by atoms with van der Waals surface area (Å²) in [5, 5.41) is 30.6. The highest BCUT2D eigenvalue weighted by atomic mass is 16.6. The lowest BCUT2D eigenvalue weighted by molar-refractivity contribution is 0.0467. The van der Waals surface area contributed by atoms with Gasteiger partial charge in [0.25, 0.3) is 0 Å². The third-order valence-corrected chi connectivity index (χ3v) is 5.66. The average Bonchev–Trinajstić information content (AvgIpc) is 2.78. The molecule has 1 amide bonds. The van der Waals surface area contributed by atoms with Gasteiger partial charge < -0.3 is 31.4 Å². The van der Waals surface area contributed by atoms with Gasteiger partial charge in [0.1, 0.15) is 17.2 Å². The van der Waals surface area contributed by atoms with Crippen molar-refractivity contribution in [3.05, 3.63) is 57.6 Å². The molecule has 0 bridgehead atoms. The molecule has 1 aliphatic heterocycles. The summed E-state index contributed by atoms with van der Waals surface area (Å²) in [6.07, 6.45) is 2.25. The maximum absolute atomic E-state index is 11.9. The second-order valence-corrected chi connectivity index (χ2v) is 10.5. The number of aliphatic hydroxyl groups excluding tert-OH is 1. The molecule has 0 spiro atoms. The van der Waals surface area contributed by atoms with E-state index < -0.39 is 17.6 Å². The molecule has 1 aromatic rings. The van der Waals surface area contributed by atoms with Crippen LogP contribution in [-0.4, -0.2) is 28.7 Å². The number of nitrogens with one attached hydrogen (secondary N) is 2. The molecule has 0 saturated heterocycles. The van der Waals surface area contributed by atoms with Crippen LogP contribution in [0.1, 0.15) is 83.4 Å². The van der Waals surface area contributed by atoms with Crippen molar-refractivity contribution in [1.82, 2.24) is 5.32 Å². The van der Waals surface area contributed by atoms with Gasteiger partial charge in [-0.1, -0.05) is 38.2 Å². The number of rotatable bonds is 3. The molecule has 204 valence electrons. The molecular weight excluding hydrogens is 482 g/mol. The van der Waals surface area contributed by atoms with Gasteiger partial charge >= 0.3 is 6.09 Å². The summed E-state index contributed by atoms with van der Waals surface area (Å²) in [4.78, 5) is 11.9. The van der Waals surface area contributed by atoms with Gasteiger partial charge in [-0.25, -0.2) is 4.79 Å². The van der Waals surface area contributed by atoms with Crippen molar-refractivity contribution in [2.45, 2.75) is 85.0 Å². The molecule has 1 aromatic carbocycles. The Morgan fingerprint density at radius 2 is 1.92 bits per heavy atom. The number of nitriles is 1. The van der Waals surface area contributed by atoms with Crippen molar-refractivity contribution in [3.63, 3.8) is 0 Å². The van der Waals surface area contributed by atoms with Crippen LogP contribution < -0.4 is 16.8 Å². The van der Waals surface area contributed by atoms with Crippen molar-refractivity contribution in [3.8, 4) is 17.9 Å². The van der Waals surface area contributed by atoms with E-state index in [9.17, 15) is 15.2 Å². The van der Waals surface area contributed by atoms with Gasteiger partial charge in [0.05, 0.1) is 12.5 Å². The number of ether oxygens (including phenoxy) is 2. The molecule has 9 nitrogen and oxygen atoms in total. The Hall–Kier alpha value is -3.95. The summed E-state index contributed by atoms with van der Waals surface area (Å²) in [7, 11) is 0. The van der Waals surface area contributed by atoms with E-state index >= 15 is 0 Å². The predicted molar refractivity (Wildman–Crippen MR) is 146 cm³/mol. The first-order valence-electron chi connectivity index (χ1n) is 12.7. The largest absolute Gasteiger partial charge is 0.444 e. The molecule has 7 N–H and O–H groups in total. The fraction of sp³-hybridized carbons (Fsp3) is 0.483. The number of allylic oxidation sites excluding steroid dienone is 2. The monoisotopic (exact) mass is 521 g/mol. The average molecular weight is 522 g/mol. The highest BCUT2D eigenvalue weighted by molar-refractivity contribution is 5.96. The van der Waals surface area contributed by atoms with Gasteiger partial charge in [-0.2, -0.15) is 5.26 Å². The Balaban J connectivity index is 0.00000161. The number of nitrogens with two attached hydrogens (primary N) is 2. The van der Waals surface area contributed by atoms with Crippen LogP contribution in [0.5, 0.6) is 0 Å². The molecular formula is C29H39N5O4. The van der Waals surface area contributed by atoms with Crippen LogP contribution in [0, 0.1) is 34.5 Å². The van der Waals surface area contributed by atoms with E-state index in [2.05, 4.69) is 37.1 Å². The van der Waals surface area contributed by atoms with Crippen molar-refractivity contribution in [2.24, 2.45) is 17.4 Å². The summed E-state index contributed by atoms with van der Waals surface area (Å²) in [5.74, 6) is 5.41. The minimum Gasteiger partial charge on any atom is -0.444 e. The SMILES string of the molecule is C/C(N)=C1/C(=N)OC(N)=C(C#N)C1c1cc(C#CC2CC(NC(=O)OC(C)(C)C)C2)cc(CO)c1.CCC. The standard InChI is InChI=1S/C26H31N5O4.C3H8/c1-14(28)21-22(20(12-27)23(29)34-24(21)30)18-8-15(7-17(9-18)13-32)5-6-16-10-19(11-16)31-25(33)35-26(2,3)4;1-3-2/h7-9,16,19,22,30,32H,10-11,13,28-29H2,1-4H3,(H,31,33);3H2,1-2H3/b21-14-,30-24?;. The Kier molecular flexibility index (Phi) is 10.4. The number of amides is 1. The fourth-order valence-electron chi connectivity index (χ4n) is 4.06. The lowest BCUT2D eigenvalue weighted by Gasteiger charge is -2.33. The maximum Gasteiger partial charge on any atom is 0.407 e. The zero-order valence-electron chi connectivity index (χ0n) is 23.1. The van der Waals surface area contributed by atoms with E-state index in [0.717, 1.165) is 0 Å². The van der Waals surface area contributed by atoms with Crippen molar-refractivity contribution in [2.75, 3.05) is 0 Å². The van der Waals surface area contributed by atoms with E-state index in [1.807, 2.05) is 20.8 Å². The molecule has 1 atom stereocenters. The van der Waals surface area contributed by atoms with Crippen LogP contribution in [0.4, 0.5) is 4.79 Å². The zero-order chi connectivity index (χ0) is 28.6. The number of carbonyl (C=O) groups is 1. The van der Waals surface area contributed by atoms with Crippen LogP contribution >= 0.6 is 0 Å². The number of alkyl carbamates (subject to hydrolysis) is 1. The highest BCUT2D eigenvalue weighted by Crippen LogP contribution is 2.39. The highest BCUT2D eigenvalue weighted by Gasteiger charge is 2.35. The predicted octanol–water partition coefficient (Wildman–Crippen LogP) is 4.27. The van der Waals surface area contributed by atoms with Gasteiger partial charge in [0.2, 0.25) is 11.8 Å². The number of aliphatic hydroxyl groups is 1. The number of hydrogen-bond acceptors (Lipinski definition) is 8. The normalized spacial score (nSPS) is 21.8. The molecule has 3 rings (SSSR count). The van der Waals surface area contributed by atoms with Gasteiger partial charge in [-0.05, 0) is 63.8 Å². The number of benzene rings is 1. The lowest BCUT2D eigenvalue weighted by atomic mass is 9.80. The maximum atomic E-state index is 11.9. The van der Waals surface area contributed by atoms with Crippen LogP contribution in [-0.2, 0) is 16.1 Å². The van der Waals surface area contributed by atoms with Crippen LogP contribution in [0.15, 0.2) is 40.9 Å². The van der Waals surface area contributed by atoms with Crippen LogP contribution in [0.3, 0.4) is 0 Å². The number of nitrogens with zero attached hydrogens (tertiary/aromatic N) is 1. The first-order chi connectivity index (χ1) is 17.8. The number of hydrogen-bond donors (Lipinski definition) is 5. The summed E-state index contributed by atoms with van der Waals surface area (Å²) in [6.45, 7) is 11.1. The minimum absolute atomic E-state index is 0.0169. The first-order valence-corrected chi connectivity index (χ1v) is 12.7. The van der Waals surface area contributed by atoms with Gasteiger partial charge in [0.15, 0.2) is 0 Å². The van der Waals surface area contributed by atoms with E-state index in [1.165, 1.54) is 6.42 Å². The summed E-state index contributed by atoms with van der Waals surface area (Å²) < 4.78 is 10.5. The number of carbonyl (C=O) groups excluding carboxylic acids is 1. The molecule has 1 unspecified atom stereocenters. The molecule has 9 heteroatoms. The molecule has 1 saturated carbocycles. The second-order valence-electron chi connectivity index (χ2n) is 10.5. The summed E-state index contributed by atoms with van der Waals surface area (Å²) >= 11 is 0. The first kappa shape index (κ1) is 30.3. The second kappa shape index (κ2) is 13.0. The minimum atomic E-state index is -0.704. The lowest BCUT2D eigenvalue weighted by Crippen LogP contribution is -2.45. The molecule has 38 heavy (non-hydrogen) atoms. The molecule has 1 heterocycles. The molecule has 0 radical (unpaired) electrons. The Labute approximate surface area is 225 Å². The van der Waals surface area contributed by atoms with Gasteiger partial charge in [0, 0.05) is 28.8 Å². The quantitative estimate of drug-likeness (QED) is 0.370. The van der Waals surface area contributed by atoms with Crippen LogP contribution in [0.25, 0.3) is 0 Å². The zero-order valence-corrected chi connectivity index (χ0v) is 23.1. The molecule has 2 aliphatic rings. The van der Waals surface area contributed by atoms with E-state index in [1.54, 1.807) is 25.1 Å². The molecule has 1 fully saturated rings. The van der Waals surface area contributed by atoms with Crippen molar-refractivity contribution >= 4 is 12.0 Å². The van der Waals surface area contributed by atoms with Crippen molar-refractivity contribution in [1.29, 1.82) is 10.7 Å². The van der Waals surface area contributed by atoms with E-state index in [4.69, 9.17) is 26.4 Å². The van der Waals surface area contributed by atoms with Gasteiger partial charge in [-0.3, -0.25) is 5.41 Å². The Morgan fingerprint density at radius 3 is 2.45 bits per heavy atom. The summed E-state index contributed by atoms with van der Waals surface area (Å²) in [5.41, 5.74) is 14.1. The van der Waals surface area contributed by atoms with E-state index in [-0.39, 0.29) is 35.9 Å². The third-order valence-electron chi connectivity index (χ3n) is 5.66. The molecule has 1 aliphatic carbocycles. The summed E-state index contributed by atoms with van der Waals surface area (Å²) in [6, 6.07) is 7.40. The smallest absolute Gasteiger partial charge is 0.407 e. The molecule has 0 aromatic heterocycles. The van der Waals surface area contributed by atoms with Gasteiger partial charge in [-0.15, -0.1) is 0 Å². The third kappa shape index (κ3) is 8.03. The Morgan fingerprint density at radius 1 is 1.29 bits per heavy atom. The topological polar surface area (TPSA) is 167 Å².